The van der Waals surface area contributed by atoms with Gasteiger partial charge >= 0.3 is 0 Å². The zero-order chi connectivity index (χ0) is 14.8. The number of para-hydroxylation sites is 1. The van der Waals surface area contributed by atoms with Gasteiger partial charge in [0.15, 0.2) is 5.13 Å². The molecule has 21 heavy (non-hydrogen) atoms. The molecular weight excluding hydrogens is 286 g/mol. The van der Waals surface area contributed by atoms with Gasteiger partial charge in [-0.3, -0.25) is 14.6 Å². The van der Waals surface area contributed by atoms with Gasteiger partial charge in [-0.2, -0.15) is 0 Å². The number of rotatable bonds is 4. The highest BCUT2D eigenvalue weighted by Gasteiger charge is 2.25. The van der Waals surface area contributed by atoms with Crippen molar-refractivity contribution in [1.82, 2.24) is 9.88 Å². The number of aliphatic hydroxyl groups excluding tert-OH is 1. The Balaban J connectivity index is 1.66. The Morgan fingerprint density at radius 3 is 3.05 bits per heavy atom. The van der Waals surface area contributed by atoms with Crippen molar-refractivity contribution in [2.24, 2.45) is 5.92 Å². The maximum Gasteiger partial charge on any atom is 0.242 e. The third-order valence-electron chi connectivity index (χ3n) is 3.93. The van der Waals surface area contributed by atoms with Crippen LogP contribution in [0.1, 0.15) is 6.42 Å². The molecule has 5 nitrogen and oxygen atoms in total. The molecule has 6 heteroatoms. The van der Waals surface area contributed by atoms with Crippen LogP contribution in [-0.4, -0.2) is 54.2 Å². The molecule has 3 rings (SSSR count). The predicted octanol–water partition coefficient (Wildman–Crippen LogP) is 1.57. The monoisotopic (exact) mass is 305 g/mol. The molecule has 1 atom stereocenters. The van der Waals surface area contributed by atoms with Gasteiger partial charge < -0.3 is 5.11 Å². The lowest BCUT2D eigenvalue weighted by Gasteiger charge is -2.19. The normalized spacial score (nSPS) is 19.2. The second kappa shape index (κ2) is 6.09. The standard InChI is InChI=1S/C15H19N3O2S/c1-17(14(20)9-18-7-6-11(8-18)10-19)15-16-12-4-2-3-5-13(12)21-15/h2-5,11,19H,6-10H2,1H3. The fourth-order valence-corrected chi connectivity index (χ4v) is 3.56. The first-order valence-corrected chi connectivity index (χ1v) is 7.94. The summed E-state index contributed by atoms with van der Waals surface area (Å²) in [5.41, 5.74) is 0.929. The van der Waals surface area contributed by atoms with E-state index in [1.54, 1.807) is 11.9 Å². The fraction of sp³-hybridized carbons (Fsp3) is 0.467. The number of likely N-dealkylation sites (tertiary alicyclic amines) is 1. The van der Waals surface area contributed by atoms with Crippen LogP contribution in [-0.2, 0) is 4.79 Å². The van der Waals surface area contributed by atoms with Crippen LogP contribution in [0.3, 0.4) is 0 Å². The van der Waals surface area contributed by atoms with E-state index in [1.165, 1.54) is 11.3 Å². The topological polar surface area (TPSA) is 56.7 Å². The van der Waals surface area contributed by atoms with Crippen LogP contribution < -0.4 is 4.90 Å². The zero-order valence-corrected chi connectivity index (χ0v) is 12.8. The quantitative estimate of drug-likeness (QED) is 0.931. The van der Waals surface area contributed by atoms with Crippen LogP contribution in [0.2, 0.25) is 0 Å². The predicted molar refractivity (Wildman–Crippen MR) is 84.7 cm³/mol. The molecule has 1 amide bonds. The minimum Gasteiger partial charge on any atom is -0.396 e. The van der Waals surface area contributed by atoms with E-state index in [9.17, 15) is 4.79 Å². The molecule has 112 valence electrons. The van der Waals surface area contributed by atoms with E-state index < -0.39 is 0 Å². The third-order valence-corrected chi connectivity index (χ3v) is 5.04. The van der Waals surface area contributed by atoms with Crippen LogP contribution in [0, 0.1) is 5.92 Å². The molecule has 0 saturated carbocycles. The van der Waals surface area contributed by atoms with Crippen LogP contribution in [0.4, 0.5) is 5.13 Å². The van der Waals surface area contributed by atoms with E-state index in [2.05, 4.69) is 9.88 Å². The van der Waals surface area contributed by atoms with Crippen molar-refractivity contribution in [3.8, 4) is 0 Å². The van der Waals surface area contributed by atoms with Crippen LogP contribution >= 0.6 is 11.3 Å². The molecular formula is C15H19N3O2S. The highest BCUT2D eigenvalue weighted by Crippen LogP contribution is 2.28. The van der Waals surface area contributed by atoms with E-state index in [-0.39, 0.29) is 12.5 Å². The van der Waals surface area contributed by atoms with Gasteiger partial charge in [-0.1, -0.05) is 23.5 Å². The molecule has 0 spiro atoms. The van der Waals surface area contributed by atoms with E-state index in [1.807, 2.05) is 24.3 Å². The van der Waals surface area contributed by atoms with Gasteiger partial charge in [0.25, 0.3) is 0 Å². The van der Waals surface area contributed by atoms with E-state index in [0.29, 0.717) is 12.5 Å². The largest absolute Gasteiger partial charge is 0.396 e. The van der Waals surface area contributed by atoms with Crippen molar-refractivity contribution in [1.29, 1.82) is 0 Å². The molecule has 2 aromatic rings. The molecule has 0 radical (unpaired) electrons. The Morgan fingerprint density at radius 2 is 2.33 bits per heavy atom. The fourth-order valence-electron chi connectivity index (χ4n) is 2.61. The third kappa shape index (κ3) is 3.07. The Morgan fingerprint density at radius 1 is 1.52 bits per heavy atom. The highest BCUT2D eigenvalue weighted by atomic mass is 32.1. The highest BCUT2D eigenvalue weighted by molar-refractivity contribution is 7.22. The first kappa shape index (κ1) is 14.4. The number of fused-ring (bicyclic) bond motifs is 1. The number of aromatic nitrogens is 1. The lowest BCUT2D eigenvalue weighted by atomic mass is 10.1. The average Bonchev–Trinajstić information content (AvgIpc) is 3.12. The number of amides is 1. The second-order valence-corrected chi connectivity index (χ2v) is 6.50. The molecule has 2 heterocycles. The minimum atomic E-state index is 0.0487. The summed E-state index contributed by atoms with van der Waals surface area (Å²) in [6.45, 7) is 2.28. The zero-order valence-electron chi connectivity index (χ0n) is 12.0. The van der Waals surface area contributed by atoms with Crippen LogP contribution in [0.5, 0.6) is 0 Å². The van der Waals surface area contributed by atoms with E-state index in [0.717, 1.165) is 34.9 Å². The van der Waals surface area contributed by atoms with Crippen LogP contribution in [0.25, 0.3) is 10.2 Å². The lowest BCUT2D eigenvalue weighted by Crippen LogP contribution is -2.37. The number of likely N-dealkylation sites (N-methyl/N-ethyl adjacent to an activating group) is 1. The number of carbonyl (C=O) groups is 1. The van der Waals surface area contributed by atoms with E-state index >= 15 is 0 Å². The summed E-state index contributed by atoms with van der Waals surface area (Å²) in [5, 5.41) is 9.89. The number of hydrogen-bond donors (Lipinski definition) is 1. The van der Waals surface area contributed by atoms with Crippen molar-refractivity contribution in [3.05, 3.63) is 24.3 Å². The summed E-state index contributed by atoms with van der Waals surface area (Å²) in [4.78, 5) is 20.6. The number of nitrogens with zero attached hydrogens (tertiary/aromatic N) is 3. The Hall–Kier alpha value is -1.50. The number of benzene rings is 1. The van der Waals surface area contributed by atoms with Gasteiger partial charge in [0.1, 0.15) is 0 Å². The molecule has 1 aromatic heterocycles. The number of hydrogen-bond acceptors (Lipinski definition) is 5. The molecule has 1 unspecified atom stereocenters. The van der Waals surface area contributed by atoms with Crippen molar-refractivity contribution in [3.63, 3.8) is 0 Å². The Bertz CT molecular complexity index is 610. The van der Waals surface area contributed by atoms with Crippen molar-refractivity contribution >= 4 is 32.6 Å². The number of thiazole rings is 1. The SMILES string of the molecule is CN(C(=O)CN1CCC(CO)C1)c1nc2ccccc2s1. The lowest BCUT2D eigenvalue weighted by molar-refractivity contribution is -0.119. The van der Waals surface area contributed by atoms with Crippen molar-refractivity contribution < 1.29 is 9.90 Å². The maximum atomic E-state index is 12.4. The number of carbonyl (C=O) groups excluding carboxylic acids is 1. The molecule has 1 saturated heterocycles. The summed E-state index contributed by atoms with van der Waals surface area (Å²) < 4.78 is 1.09. The summed E-state index contributed by atoms with van der Waals surface area (Å²) in [6.07, 6.45) is 0.967. The number of anilines is 1. The molecule has 0 aliphatic carbocycles. The van der Waals surface area contributed by atoms with E-state index in [4.69, 9.17) is 5.11 Å². The molecule has 1 N–H and O–H groups in total. The molecule has 1 fully saturated rings. The average molecular weight is 305 g/mol. The first-order valence-electron chi connectivity index (χ1n) is 7.12. The number of aliphatic hydroxyl groups is 1. The maximum absolute atomic E-state index is 12.4. The summed E-state index contributed by atoms with van der Waals surface area (Å²) in [6, 6.07) is 7.90. The van der Waals surface area contributed by atoms with Crippen LogP contribution in [0.15, 0.2) is 24.3 Å². The Kier molecular flexibility index (Phi) is 4.19. The molecule has 1 aliphatic rings. The van der Waals surface area contributed by atoms with Gasteiger partial charge in [-0.25, -0.2) is 4.98 Å². The summed E-state index contributed by atoms with van der Waals surface area (Å²) in [7, 11) is 1.78. The van der Waals surface area contributed by atoms with Crippen molar-refractivity contribution in [2.45, 2.75) is 6.42 Å². The van der Waals surface area contributed by atoms with Gasteiger partial charge in [0, 0.05) is 20.2 Å². The van der Waals surface area contributed by atoms with Gasteiger partial charge in [0.2, 0.25) is 5.91 Å². The smallest absolute Gasteiger partial charge is 0.242 e. The second-order valence-electron chi connectivity index (χ2n) is 5.49. The molecule has 0 bridgehead atoms. The van der Waals surface area contributed by atoms with Gasteiger partial charge in [-0.15, -0.1) is 0 Å². The Labute approximate surface area is 127 Å². The summed E-state index contributed by atoms with van der Waals surface area (Å²) in [5.74, 6) is 0.359. The molecule has 1 aliphatic heterocycles. The summed E-state index contributed by atoms with van der Waals surface area (Å²) >= 11 is 1.53. The minimum absolute atomic E-state index is 0.0487. The van der Waals surface area contributed by atoms with Crippen molar-refractivity contribution in [2.75, 3.05) is 38.2 Å². The molecule has 1 aromatic carbocycles. The first-order chi connectivity index (χ1) is 10.2. The van der Waals surface area contributed by atoms with Gasteiger partial charge in [-0.05, 0) is 31.0 Å². The van der Waals surface area contributed by atoms with Gasteiger partial charge in [0.05, 0.1) is 16.8 Å².